The summed E-state index contributed by atoms with van der Waals surface area (Å²) in [5.41, 5.74) is -0.161. The fourth-order valence-electron chi connectivity index (χ4n) is 2.26. The van der Waals surface area contributed by atoms with Crippen LogP contribution in [0.1, 0.15) is 32.4 Å². The summed E-state index contributed by atoms with van der Waals surface area (Å²) in [5, 5.41) is 3.27. The lowest BCUT2D eigenvalue weighted by molar-refractivity contribution is 0.0195. The summed E-state index contributed by atoms with van der Waals surface area (Å²) in [7, 11) is 0. The summed E-state index contributed by atoms with van der Waals surface area (Å²) >= 11 is 5.99. The number of benzene rings is 1. The Hall–Kier alpha value is -1.40. The van der Waals surface area contributed by atoms with E-state index in [9.17, 15) is 13.6 Å². The van der Waals surface area contributed by atoms with Gasteiger partial charge in [-0.1, -0.05) is 11.6 Å². The number of rotatable bonds is 1. The van der Waals surface area contributed by atoms with Gasteiger partial charge in [0.2, 0.25) is 0 Å². The average Bonchev–Trinajstić information content (AvgIpc) is 2.41. The molecule has 22 heavy (non-hydrogen) atoms. The molecule has 1 aromatic carbocycles. The van der Waals surface area contributed by atoms with Crippen molar-refractivity contribution in [3.8, 4) is 0 Å². The molecule has 7 heteroatoms. The summed E-state index contributed by atoms with van der Waals surface area (Å²) in [4.78, 5) is 13.6. The van der Waals surface area contributed by atoms with Gasteiger partial charge >= 0.3 is 6.09 Å². The minimum absolute atomic E-state index is 0.127. The van der Waals surface area contributed by atoms with Gasteiger partial charge in [-0.3, -0.25) is 0 Å². The van der Waals surface area contributed by atoms with Gasteiger partial charge in [-0.2, -0.15) is 0 Å². The van der Waals surface area contributed by atoms with Crippen molar-refractivity contribution in [1.82, 2.24) is 10.2 Å². The zero-order chi connectivity index (χ0) is 16.5. The summed E-state index contributed by atoms with van der Waals surface area (Å²) < 4.78 is 31.9. The number of hydrogen-bond acceptors (Lipinski definition) is 3. The van der Waals surface area contributed by atoms with Crippen molar-refractivity contribution in [2.75, 3.05) is 19.6 Å². The van der Waals surface area contributed by atoms with Crippen LogP contribution in [0.5, 0.6) is 0 Å². The zero-order valence-corrected chi connectivity index (χ0v) is 13.5. The summed E-state index contributed by atoms with van der Waals surface area (Å²) in [6.45, 7) is 6.63. The topological polar surface area (TPSA) is 41.6 Å². The van der Waals surface area contributed by atoms with Crippen molar-refractivity contribution in [1.29, 1.82) is 0 Å². The molecule has 122 valence electrons. The number of carbonyl (C=O) groups excluding carboxylic acids is 1. The molecule has 4 nitrogen and oxygen atoms in total. The lowest BCUT2D eigenvalue weighted by Crippen LogP contribution is -2.49. The van der Waals surface area contributed by atoms with Crippen LogP contribution < -0.4 is 5.32 Å². The molecule has 0 aliphatic carbocycles. The molecule has 1 fully saturated rings. The molecular formula is C15H19ClF2N2O2. The van der Waals surface area contributed by atoms with Crippen LogP contribution >= 0.6 is 11.6 Å². The summed E-state index contributed by atoms with van der Waals surface area (Å²) in [6, 6.07) is 1.64. The maximum atomic E-state index is 13.4. The molecule has 1 aliphatic rings. The Labute approximate surface area is 133 Å². The van der Waals surface area contributed by atoms with Crippen LogP contribution in [0.25, 0.3) is 0 Å². The minimum atomic E-state index is -0.992. The van der Waals surface area contributed by atoms with E-state index in [1.165, 1.54) is 4.90 Å². The number of piperazine rings is 1. The average molecular weight is 333 g/mol. The standard InChI is InChI=1S/C15H19ClF2N2O2/c1-15(2,3)22-14(21)20-5-4-19-13(8-20)9-6-11(17)12(18)7-10(9)16/h6-7,13,19H,4-5,8H2,1-3H3. The molecule has 0 bridgehead atoms. The van der Waals surface area contributed by atoms with Crippen LogP contribution in [0, 0.1) is 11.6 Å². The van der Waals surface area contributed by atoms with Crippen LogP contribution in [0.3, 0.4) is 0 Å². The van der Waals surface area contributed by atoms with E-state index in [-0.39, 0.29) is 17.6 Å². The molecule has 1 atom stereocenters. The number of ether oxygens (including phenoxy) is 1. The quantitative estimate of drug-likeness (QED) is 0.800. The maximum absolute atomic E-state index is 13.4. The van der Waals surface area contributed by atoms with Gasteiger partial charge in [0.05, 0.1) is 6.04 Å². The van der Waals surface area contributed by atoms with Gasteiger partial charge in [-0.05, 0) is 38.5 Å². The third kappa shape index (κ3) is 4.08. The number of carbonyl (C=O) groups is 1. The molecule has 1 unspecified atom stereocenters. The number of hydrogen-bond donors (Lipinski definition) is 1. The predicted octanol–water partition coefficient (Wildman–Crippen LogP) is 3.50. The Balaban J connectivity index is 2.14. The van der Waals surface area contributed by atoms with Gasteiger partial charge < -0.3 is 15.0 Å². The van der Waals surface area contributed by atoms with Crippen molar-refractivity contribution < 1.29 is 18.3 Å². The predicted molar refractivity (Wildman–Crippen MR) is 79.9 cm³/mol. The van der Waals surface area contributed by atoms with E-state index in [1.54, 1.807) is 20.8 Å². The van der Waals surface area contributed by atoms with Crippen LogP contribution in [0.15, 0.2) is 12.1 Å². The SMILES string of the molecule is CC(C)(C)OC(=O)N1CCNC(c2cc(F)c(F)cc2Cl)C1. The number of nitrogens with one attached hydrogen (secondary N) is 1. The normalized spacial score (nSPS) is 19.2. The Kier molecular flexibility index (Phi) is 4.92. The third-order valence-electron chi connectivity index (χ3n) is 3.24. The molecule has 0 radical (unpaired) electrons. The second-order valence-electron chi connectivity index (χ2n) is 6.22. The van der Waals surface area contributed by atoms with Crippen LogP contribution in [-0.2, 0) is 4.74 Å². The fraction of sp³-hybridized carbons (Fsp3) is 0.533. The van der Waals surface area contributed by atoms with Crippen molar-refractivity contribution in [3.05, 3.63) is 34.4 Å². The summed E-state index contributed by atoms with van der Waals surface area (Å²) in [5.74, 6) is -1.95. The fourth-order valence-corrected chi connectivity index (χ4v) is 2.54. The molecule has 2 rings (SSSR count). The van der Waals surface area contributed by atoms with Gasteiger partial charge in [0.15, 0.2) is 11.6 Å². The van der Waals surface area contributed by atoms with E-state index in [4.69, 9.17) is 16.3 Å². The first-order chi connectivity index (χ1) is 10.2. The summed E-state index contributed by atoms with van der Waals surface area (Å²) in [6.07, 6.45) is -0.433. The van der Waals surface area contributed by atoms with E-state index < -0.39 is 23.3 Å². The van der Waals surface area contributed by atoms with Gasteiger partial charge in [0.25, 0.3) is 0 Å². The second kappa shape index (κ2) is 6.38. The highest BCUT2D eigenvalue weighted by Crippen LogP contribution is 2.28. The lowest BCUT2D eigenvalue weighted by atomic mass is 10.0. The monoisotopic (exact) mass is 332 g/mol. The lowest BCUT2D eigenvalue weighted by Gasteiger charge is -2.35. The molecule has 1 heterocycles. The Morgan fingerprint density at radius 1 is 1.36 bits per heavy atom. The molecule has 1 aliphatic heterocycles. The first kappa shape index (κ1) is 17.0. The van der Waals surface area contributed by atoms with E-state index in [2.05, 4.69) is 5.32 Å². The van der Waals surface area contributed by atoms with Crippen molar-refractivity contribution in [3.63, 3.8) is 0 Å². The Morgan fingerprint density at radius 2 is 2.00 bits per heavy atom. The van der Waals surface area contributed by atoms with Gasteiger partial charge in [0.1, 0.15) is 5.60 Å². The van der Waals surface area contributed by atoms with Crippen molar-refractivity contribution >= 4 is 17.7 Å². The molecule has 0 aromatic heterocycles. The molecule has 1 aromatic rings. The van der Waals surface area contributed by atoms with E-state index in [1.807, 2.05) is 0 Å². The highest BCUT2D eigenvalue weighted by molar-refractivity contribution is 6.31. The number of nitrogens with zero attached hydrogens (tertiary/aromatic N) is 1. The number of amides is 1. The number of halogens is 3. The van der Waals surface area contributed by atoms with Gasteiger partial charge in [-0.15, -0.1) is 0 Å². The van der Waals surface area contributed by atoms with Gasteiger partial charge in [-0.25, -0.2) is 13.6 Å². The molecule has 1 amide bonds. The first-order valence-corrected chi connectivity index (χ1v) is 7.41. The molecule has 0 saturated carbocycles. The van der Waals surface area contributed by atoms with Crippen molar-refractivity contribution in [2.45, 2.75) is 32.4 Å². The highest BCUT2D eigenvalue weighted by Gasteiger charge is 2.29. The third-order valence-corrected chi connectivity index (χ3v) is 3.57. The Morgan fingerprint density at radius 3 is 2.64 bits per heavy atom. The largest absolute Gasteiger partial charge is 0.444 e. The first-order valence-electron chi connectivity index (χ1n) is 7.03. The second-order valence-corrected chi connectivity index (χ2v) is 6.63. The molecular weight excluding hydrogens is 314 g/mol. The van der Waals surface area contributed by atoms with Gasteiger partial charge in [0, 0.05) is 24.7 Å². The van der Waals surface area contributed by atoms with Crippen molar-refractivity contribution in [2.24, 2.45) is 0 Å². The Bertz CT molecular complexity index is 575. The molecule has 0 spiro atoms. The smallest absolute Gasteiger partial charge is 0.410 e. The maximum Gasteiger partial charge on any atom is 0.410 e. The van der Waals surface area contributed by atoms with E-state index in [0.29, 0.717) is 18.7 Å². The highest BCUT2D eigenvalue weighted by atomic mass is 35.5. The van der Waals surface area contributed by atoms with E-state index >= 15 is 0 Å². The van der Waals surface area contributed by atoms with Crippen LogP contribution in [0.2, 0.25) is 5.02 Å². The van der Waals surface area contributed by atoms with Crippen LogP contribution in [0.4, 0.5) is 13.6 Å². The molecule has 1 saturated heterocycles. The van der Waals surface area contributed by atoms with E-state index in [0.717, 1.165) is 12.1 Å². The zero-order valence-electron chi connectivity index (χ0n) is 12.8. The molecule has 1 N–H and O–H groups in total. The minimum Gasteiger partial charge on any atom is -0.444 e. The van der Waals surface area contributed by atoms with Crippen LogP contribution in [-0.4, -0.2) is 36.2 Å².